The largest absolute Gasteiger partial charge is 0.497 e. The van der Waals surface area contributed by atoms with Gasteiger partial charge in [0.15, 0.2) is 0 Å². The average Bonchev–Trinajstić information content (AvgIpc) is 3.25. The van der Waals surface area contributed by atoms with Crippen LogP contribution in [-0.2, 0) is 20.0 Å². The Morgan fingerprint density at radius 2 is 1.83 bits per heavy atom. The van der Waals surface area contributed by atoms with Crippen LogP contribution < -0.4 is 15.4 Å². The predicted octanol–water partition coefficient (Wildman–Crippen LogP) is 5.42. The van der Waals surface area contributed by atoms with E-state index in [1.165, 1.54) is 0 Å². The maximum absolute atomic E-state index is 12.9. The monoisotopic (exact) mass is 467 g/mol. The Balaban J connectivity index is 1.39. The first-order valence-electron chi connectivity index (χ1n) is 11.4. The third-order valence-corrected chi connectivity index (χ3v) is 5.68. The zero-order valence-electron chi connectivity index (χ0n) is 20.2. The molecule has 0 saturated heterocycles. The summed E-state index contributed by atoms with van der Waals surface area (Å²) in [4.78, 5) is 17.3. The van der Waals surface area contributed by atoms with Gasteiger partial charge in [0.2, 0.25) is 0 Å². The molecule has 4 aromatic rings. The topological polar surface area (TPSA) is 80.5 Å². The number of aryl methyl sites for hydroxylation is 1. The van der Waals surface area contributed by atoms with Gasteiger partial charge < -0.3 is 15.4 Å². The highest BCUT2D eigenvalue weighted by atomic mass is 16.5. The third-order valence-electron chi connectivity index (χ3n) is 5.68. The van der Waals surface area contributed by atoms with Crippen molar-refractivity contribution < 1.29 is 9.53 Å². The minimum atomic E-state index is -0.133. The van der Waals surface area contributed by atoms with Crippen LogP contribution >= 0.6 is 0 Å². The van der Waals surface area contributed by atoms with Crippen LogP contribution in [0.2, 0.25) is 0 Å². The van der Waals surface area contributed by atoms with Gasteiger partial charge in [0, 0.05) is 38.0 Å². The van der Waals surface area contributed by atoms with Crippen LogP contribution in [0.15, 0.2) is 84.0 Å². The van der Waals surface area contributed by atoms with E-state index in [2.05, 4.69) is 20.7 Å². The van der Waals surface area contributed by atoms with Gasteiger partial charge in [-0.05, 0) is 42.3 Å². The fourth-order valence-corrected chi connectivity index (χ4v) is 3.78. The highest BCUT2D eigenvalue weighted by Gasteiger charge is 2.16. The molecule has 0 radical (unpaired) electrons. The molecule has 7 nitrogen and oxygen atoms in total. The fourth-order valence-electron chi connectivity index (χ4n) is 3.78. The van der Waals surface area contributed by atoms with Gasteiger partial charge in [0.25, 0.3) is 5.91 Å². The summed E-state index contributed by atoms with van der Waals surface area (Å²) in [5.74, 6) is 0.620. The molecular formula is C28H29N5O2. The summed E-state index contributed by atoms with van der Waals surface area (Å²) in [6.45, 7) is 2.30. The number of rotatable bonds is 9. The molecule has 0 fully saturated rings. The summed E-state index contributed by atoms with van der Waals surface area (Å²) in [6.07, 6.45) is 4.03. The van der Waals surface area contributed by atoms with E-state index in [1.807, 2.05) is 86.8 Å². The number of nitrogens with zero attached hydrogens (tertiary/aromatic N) is 3. The van der Waals surface area contributed by atoms with Crippen LogP contribution in [0.1, 0.15) is 34.1 Å². The summed E-state index contributed by atoms with van der Waals surface area (Å²) < 4.78 is 7.06. The van der Waals surface area contributed by atoms with Crippen molar-refractivity contribution in [3.8, 4) is 5.75 Å². The molecule has 1 aromatic heterocycles. The number of aromatic nitrogens is 2. The molecule has 0 spiro atoms. The second kappa shape index (κ2) is 11.2. The SMILES string of the molecule is CC=Nc1cc(OC)ccc1Nc1ccc(CNC(=O)c2cnn(C)c2Cc2ccccc2)cc1. The number of carbonyl (C=O) groups excluding carboxylic acids is 1. The van der Waals surface area contributed by atoms with Crippen molar-refractivity contribution >= 4 is 29.2 Å². The van der Waals surface area contributed by atoms with Crippen LogP contribution in [0.5, 0.6) is 5.75 Å². The molecule has 1 heterocycles. The molecule has 0 atom stereocenters. The fraction of sp³-hybridized carbons (Fsp3) is 0.179. The first kappa shape index (κ1) is 23.8. The van der Waals surface area contributed by atoms with E-state index in [4.69, 9.17) is 4.74 Å². The number of aliphatic imine (C=N–C) groups is 1. The Bertz CT molecular complexity index is 1310. The Hall–Kier alpha value is -4.39. The minimum Gasteiger partial charge on any atom is -0.497 e. The van der Waals surface area contributed by atoms with Crippen molar-refractivity contribution in [1.29, 1.82) is 0 Å². The lowest BCUT2D eigenvalue weighted by atomic mass is 10.1. The van der Waals surface area contributed by atoms with Gasteiger partial charge in [-0.15, -0.1) is 0 Å². The highest BCUT2D eigenvalue weighted by Crippen LogP contribution is 2.32. The second-order valence-corrected chi connectivity index (χ2v) is 8.07. The molecule has 0 aliphatic carbocycles. The average molecular weight is 468 g/mol. The standard InChI is InChI=1S/C28H29N5O2/c1-4-29-26-17-23(35-3)14-15-25(26)32-22-12-10-21(11-13-22)18-30-28(34)24-19-31-33(2)27(24)16-20-8-6-5-7-9-20/h4-15,17,19,32H,16,18H2,1-3H3,(H,30,34). The van der Waals surface area contributed by atoms with Gasteiger partial charge in [-0.25, -0.2) is 0 Å². The number of methoxy groups -OCH3 is 1. The third kappa shape index (κ3) is 5.95. The highest BCUT2D eigenvalue weighted by molar-refractivity contribution is 5.95. The number of hydrogen-bond acceptors (Lipinski definition) is 5. The van der Waals surface area contributed by atoms with E-state index in [0.717, 1.165) is 39.6 Å². The molecule has 35 heavy (non-hydrogen) atoms. The zero-order valence-corrected chi connectivity index (χ0v) is 20.2. The lowest BCUT2D eigenvalue weighted by molar-refractivity contribution is 0.0950. The van der Waals surface area contributed by atoms with Gasteiger partial charge in [0.05, 0.1) is 35.9 Å². The summed E-state index contributed by atoms with van der Waals surface area (Å²) in [7, 11) is 3.50. The number of nitrogens with one attached hydrogen (secondary N) is 2. The molecule has 0 aliphatic heterocycles. The summed E-state index contributed by atoms with van der Waals surface area (Å²) >= 11 is 0. The van der Waals surface area contributed by atoms with Crippen molar-refractivity contribution in [2.75, 3.05) is 12.4 Å². The molecule has 0 saturated carbocycles. The van der Waals surface area contributed by atoms with Crippen molar-refractivity contribution in [3.63, 3.8) is 0 Å². The molecule has 1 amide bonds. The van der Waals surface area contributed by atoms with Crippen molar-refractivity contribution in [1.82, 2.24) is 15.1 Å². The lowest BCUT2D eigenvalue weighted by Crippen LogP contribution is -2.24. The van der Waals surface area contributed by atoms with E-state index < -0.39 is 0 Å². The van der Waals surface area contributed by atoms with E-state index in [9.17, 15) is 4.79 Å². The Morgan fingerprint density at radius 1 is 1.06 bits per heavy atom. The second-order valence-electron chi connectivity index (χ2n) is 8.07. The number of amides is 1. The van der Waals surface area contributed by atoms with E-state index in [-0.39, 0.29) is 5.91 Å². The van der Waals surface area contributed by atoms with Gasteiger partial charge in [-0.3, -0.25) is 14.5 Å². The van der Waals surface area contributed by atoms with E-state index in [1.54, 1.807) is 24.2 Å². The van der Waals surface area contributed by atoms with E-state index in [0.29, 0.717) is 18.5 Å². The summed E-state index contributed by atoms with van der Waals surface area (Å²) in [5, 5.41) is 10.7. The van der Waals surface area contributed by atoms with Crippen molar-refractivity contribution in [3.05, 3.63) is 101 Å². The number of carbonyl (C=O) groups is 1. The summed E-state index contributed by atoms with van der Waals surface area (Å²) in [6, 6.07) is 23.7. The van der Waals surface area contributed by atoms with Crippen LogP contribution in [0, 0.1) is 0 Å². The van der Waals surface area contributed by atoms with Gasteiger partial charge in [-0.2, -0.15) is 5.10 Å². The first-order valence-corrected chi connectivity index (χ1v) is 11.4. The first-order chi connectivity index (χ1) is 17.1. The number of benzene rings is 3. The molecule has 4 rings (SSSR count). The molecule has 7 heteroatoms. The normalized spacial score (nSPS) is 10.9. The molecule has 0 unspecified atom stereocenters. The van der Waals surface area contributed by atoms with Crippen LogP contribution in [0.25, 0.3) is 0 Å². The predicted molar refractivity (Wildman–Crippen MR) is 140 cm³/mol. The molecule has 2 N–H and O–H groups in total. The zero-order chi connectivity index (χ0) is 24.6. The number of anilines is 2. The van der Waals surface area contributed by atoms with Gasteiger partial charge in [-0.1, -0.05) is 42.5 Å². The Morgan fingerprint density at radius 3 is 2.54 bits per heavy atom. The van der Waals surface area contributed by atoms with Crippen molar-refractivity contribution in [2.45, 2.75) is 19.9 Å². The van der Waals surface area contributed by atoms with E-state index >= 15 is 0 Å². The molecule has 178 valence electrons. The minimum absolute atomic E-state index is 0.133. The quantitative estimate of drug-likeness (QED) is 0.322. The molecule has 3 aromatic carbocycles. The van der Waals surface area contributed by atoms with Crippen LogP contribution in [-0.4, -0.2) is 29.0 Å². The lowest BCUT2D eigenvalue weighted by Gasteiger charge is -2.12. The van der Waals surface area contributed by atoms with Crippen LogP contribution in [0.3, 0.4) is 0 Å². The molecule has 0 bridgehead atoms. The molecule has 0 aliphatic rings. The smallest absolute Gasteiger partial charge is 0.255 e. The maximum atomic E-state index is 12.9. The Labute approximate surface area is 205 Å². The summed E-state index contributed by atoms with van der Waals surface area (Å²) in [5.41, 5.74) is 6.22. The number of hydrogen-bond donors (Lipinski definition) is 2. The van der Waals surface area contributed by atoms with Crippen molar-refractivity contribution in [2.24, 2.45) is 12.0 Å². The van der Waals surface area contributed by atoms with Gasteiger partial charge >= 0.3 is 0 Å². The number of ether oxygens (including phenoxy) is 1. The van der Waals surface area contributed by atoms with Crippen LogP contribution in [0.4, 0.5) is 17.1 Å². The molecular weight excluding hydrogens is 438 g/mol. The Kier molecular flexibility index (Phi) is 7.57. The maximum Gasteiger partial charge on any atom is 0.255 e. The van der Waals surface area contributed by atoms with Gasteiger partial charge in [0.1, 0.15) is 5.75 Å².